The molecule has 2 aromatic rings. The Balaban J connectivity index is 1.87. The Morgan fingerprint density at radius 2 is 1.81 bits per heavy atom. The summed E-state index contributed by atoms with van der Waals surface area (Å²) in [6, 6.07) is 16.4. The lowest BCUT2D eigenvalue weighted by atomic mass is 10.1. The van der Waals surface area contributed by atoms with E-state index in [1.165, 1.54) is 12.0 Å². The fourth-order valence-electron chi connectivity index (χ4n) is 3.40. The van der Waals surface area contributed by atoms with Gasteiger partial charge in [0, 0.05) is 20.1 Å². The summed E-state index contributed by atoms with van der Waals surface area (Å²) in [5.74, 6) is -1.31. The molecule has 8 heteroatoms. The Kier molecular flexibility index (Phi) is 7.04. The van der Waals surface area contributed by atoms with E-state index < -0.39 is 11.9 Å². The number of nitrogens with zero attached hydrogens (tertiary/aromatic N) is 2. The molecule has 162 valence electrons. The van der Waals surface area contributed by atoms with Crippen molar-refractivity contribution in [1.82, 2.24) is 9.80 Å². The topological polar surface area (TPSA) is 99.2 Å². The maximum atomic E-state index is 13.1. The summed E-state index contributed by atoms with van der Waals surface area (Å²) in [6.45, 7) is 0.309. The number of aliphatic hydroxyl groups excluding tert-OH is 1. The molecule has 8 nitrogen and oxygen atoms in total. The van der Waals surface area contributed by atoms with Crippen LogP contribution < -0.4 is 5.32 Å². The van der Waals surface area contributed by atoms with E-state index in [9.17, 15) is 19.5 Å². The van der Waals surface area contributed by atoms with Crippen molar-refractivity contribution >= 4 is 23.5 Å². The molecule has 3 rings (SSSR count). The number of benzene rings is 2. The Hall–Kier alpha value is -3.65. The second-order valence-corrected chi connectivity index (χ2v) is 7.11. The van der Waals surface area contributed by atoms with Crippen molar-refractivity contribution in [2.45, 2.75) is 6.54 Å². The predicted octanol–water partition coefficient (Wildman–Crippen LogP) is 1.63. The molecule has 0 bridgehead atoms. The molecule has 0 spiro atoms. The zero-order valence-corrected chi connectivity index (χ0v) is 17.5. The summed E-state index contributed by atoms with van der Waals surface area (Å²) in [4.78, 5) is 41.0. The van der Waals surface area contributed by atoms with Gasteiger partial charge in [0.15, 0.2) is 0 Å². The van der Waals surface area contributed by atoms with Crippen LogP contribution in [-0.4, -0.2) is 66.5 Å². The average molecular weight is 423 g/mol. The SMILES string of the molecule is COC(=O)C1=C(Nc2ccccc2C(=O)N(C)Cc2ccccc2)C(=O)N(CCO)C1. The van der Waals surface area contributed by atoms with Gasteiger partial charge < -0.3 is 25.0 Å². The molecule has 2 N–H and O–H groups in total. The van der Waals surface area contributed by atoms with Crippen molar-refractivity contribution in [2.75, 3.05) is 39.2 Å². The fraction of sp³-hybridized carbons (Fsp3) is 0.261. The molecule has 0 aromatic heterocycles. The van der Waals surface area contributed by atoms with E-state index in [0.717, 1.165) is 5.56 Å². The lowest BCUT2D eigenvalue weighted by Gasteiger charge is -2.20. The van der Waals surface area contributed by atoms with Gasteiger partial charge in [0.25, 0.3) is 11.8 Å². The van der Waals surface area contributed by atoms with E-state index in [1.54, 1.807) is 36.2 Å². The number of esters is 1. The van der Waals surface area contributed by atoms with Crippen LogP contribution in [-0.2, 0) is 20.9 Å². The van der Waals surface area contributed by atoms with Crippen molar-refractivity contribution in [3.05, 3.63) is 77.0 Å². The third-order valence-corrected chi connectivity index (χ3v) is 4.98. The van der Waals surface area contributed by atoms with Gasteiger partial charge in [0.05, 0.1) is 37.1 Å². The predicted molar refractivity (Wildman–Crippen MR) is 115 cm³/mol. The number of para-hydroxylation sites is 1. The normalized spacial score (nSPS) is 13.4. The van der Waals surface area contributed by atoms with Gasteiger partial charge in [0.1, 0.15) is 5.70 Å². The second-order valence-electron chi connectivity index (χ2n) is 7.11. The first-order valence-corrected chi connectivity index (χ1v) is 9.83. The van der Waals surface area contributed by atoms with E-state index in [0.29, 0.717) is 17.8 Å². The van der Waals surface area contributed by atoms with Gasteiger partial charge >= 0.3 is 5.97 Å². The molecule has 0 fully saturated rings. The number of methoxy groups -OCH3 is 1. The van der Waals surface area contributed by atoms with E-state index in [4.69, 9.17) is 4.74 Å². The van der Waals surface area contributed by atoms with Crippen molar-refractivity contribution in [1.29, 1.82) is 0 Å². The molecule has 0 aliphatic carbocycles. The molecule has 0 saturated heterocycles. The summed E-state index contributed by atoms with van der Waals surface area (Å²) in [7, 11) is 2.94. The van der Waals surface area contributed by atoms with Gasteiger partial charge in [-0.3, -0.25) is 9.59 Å². The number of rotatable bonds is 8. The molecule has 0 saturated carbocycles. The van der Waals surface area contributed by atoms with Crippen molar-refractivity contribution in [3.8, 4) is 0 Å². The monoisotopic (exact) mass is 423 g/mol. The Bertz CT molecular complexity index is 1000. The molecule has 1 aliphatic rings. The van der Waals surface area contributed by atoms with Gasteiger partial charge in [-0.05, 0) is 17.7 Å². The number of carbonyl (C=O) groups is 3. The van der Waals surface area contributed by atoms with Crippen LogP contribution in [0.1, 0.15) is 15.9 Å². The standard InChI is InChI=1S/C23H25N3O5/c1-25(14-16-8-4-3-5-9-16)21(28)17-10-6-7-11-19(17)24-20-18(23(30)31-2)15-26(12-13-27)22(20)29/h3-11,24,27H,12-15H2,1-2H3. The highest BCUT2D eigenvalue weighted by Gasteiger charge is 2.35. The van der Waals surface area contributed by atoms with Gasteiger partial charge in [0.2, 0.25) is 0 Å². The number of hydrogen-bond acceptors (Lipinski definition) is 6. The summed E-state index contributed by atoms with van der Waals surface area (Å²) in [5, 5.41) is 12.2. The minimum atomic E-state index is -0.638. The average Bonchev–Trinajstić information content (AvgIpc) is 3.09. The number of ether oxygens (including phenoxy) is 1. The molecule has 1 aliphatic heterocycles. The van der Waals surface area contributed by atoms with Gasteiger partial charge in [-0.1, -0.05) is 42.5 Å². The maximum absolute atomic E-state index is 13.1. The zero-order valence-electron chi connectivity index (χ0n) is 17.5. The lowest BCUT2D eigenvalue weighted by Crippen LogP contribution is -2.31. The van der Waals surface area contributed by atoms with Crippen molar-refractivity contribution in [3.63, 3.8) is 0 Å². The summed E-state index contributed by atoms with van der Waals surface area (Å²) >= 11 is 0. The Labute approximate surface area is 180 Å². The third-order valence-electron chi connectivity index (χ3n) is 4.98. The molecule has 1 heterocycles. The van der Waals surface area contributed by atoms with Crippen LogP contribution in [0.5, 0.6) is 0 Å². The molecule has 2 aromatic carbocycles. The van der Waals surface area contributed by atoms with Gasteiger partial charge in [-0.2, -0.15) is 0 Å². The van der Waals surface area contributed by atoms with Crippen LogP contribution in [0.2, 0.25) is 0 Å². The van der Waals surface area contributed by atoms with E-state index >= 15 is 0 Å². The van der Waals surface area contributed by atoms with Crippen LogP contribution in [0.25, 0.3) is 0 Å². The quantitative estimate of drug-likeness (QED) is 0.626. The largest absolute Gasteiger partial charge is 0.466 e. The minimum Gasteiger partial charge on any atom is -0.466 e. The van der Waals surface area contributed by atoms with Crippen LogP contribution in [0.15, 0.2) is 65.9 Å². The van der Waals surface area contributed by atoms with Gasteiger partial charge in [-0.15, -0.1) is 0 Å². The molecule has 31 heavy (non-hydrogen) atoms. The van der Waals surface area contributed by atoms with Crippen LogP contribution in [0, 0.1) is 0 Å². The zero-order chi connectivity index (χ0) is 22.4. The molecule has 0 radical (unpaired) electrons. The molecular weight excluding hydrogens is 398 g/mol. The molecule has 0 atom stereocenters. The highest BCUT2D eigenvalue weighted by molar-refractivity contribution is 6.09. The number of hydrogen-bond donors (Lipinski definition) is 2. The van der Waals surface area contributed by atoms with Gasteiger partial charge in [-0.25, -0.2) is 4.79 Å². The highest BCUT2D eigenvalue weighted by Crippen LogP contribution is 2.25. The molecule has 0 unspecified atom stereocenters. The summed E-state index contributed by atoms with van der Waals surface area (Å²) < 4.78 is 4.81. The third kappa shape index (κ3) is 4.92. The van der Waals surface area contributed by atoms with E-state index in [1.807, 2.05) is 30.3 Å². The number of anilines is 1. The van der Waals surface area contributed by atoms with E-state index in [-0.39, 0.29) is 36.9 Å². The van der Waals surface area contributed by atoms with Crippen molar-refractivity contribution in [2.24, 2.45) is 0 Å². The van der Waals surface area contributed by atoms with Crippen LogP contribution in [0.4, 0.5) is 5.69 Å². The summed E-state index contributed by atoms with van der Waals surface area (Å²) in [5.41, 5.74) is 1.96. The lowest BCUT2D eigenvalue weighted by molar-refractivity contribution is -0.136. The number of amides is 2. The number of aliphatic hydroxyl groups is 1. The number of nitrogens with one attached hydrogen (secondary N) is 1. The first-order valence-electron chi connectivity index (χ1n) is 9.83. The maximum Gasteiger partial charge on any atom is 0.337 e. The Morgan fingerprint density at radius 1 is 1.13 bits per heavy atom. The smallest absolute Gasteiger partial charge is 0.337 e. The summed E-state index contributed by atoms with van der Waals surface area (Å²) in [6.07, 6.45) is 0. The second kappa shape index (κ2) is 9.90. The Morgan fingerprint density at radius 3 is 2.48 bits per heavy atom. The van der Waals surface area contributed by atoms with Crippen molar-refractivity contribution < 1.29 is 24.2 Å². The molecule has 2 amide bonds. The molecular formula is C23H25N3O5. The minimum absolute atomic E-state index is 0.0262. The first-order chi connectivity index (χ1) is 15.0. The van der Waals surface area contributed by atoms with Crippen LogP contribution in [0.3, 0.4) is 0 Å². The highest BCUT2D eigenvalue weighted by atomic mass is 16.5. The van der Waals surface area contributed by atoms with E-state index in [2.05, 4.69) is 5.32 Å². The number of carbonyl (C=O) groups excluding carboxylic acids is 3. The fourth-order valence-corrected chi connectivity index (χ4v) is 3.40. The van der Waals surface area contributed by atoms with Crippen LogP contribution >= 0.6 is 0 Å². The number of β-amino-alcohol motifs (C(OH)–C–C–N with tert-alkyl or cyclic N) is 1. The first kappa shape index (κ1) is 22.0.